The van der Waals surface area contributed by atoms with Crippen LogP contribution in [0.2, 0.25) is 5.02 Å². The molecule has 3 rings (SSSR count). The van der Waals surface area contributed by atoms with Crippen molar-refractivity contribution in [3.63, 3.8) is 0 Å². The Morgan fingerprint density at radius 3 is 2.71 bits per heavy atom. The number of nitrogens with zero attached hydrogens (tertiary/aromatic N) is 2. The molecule has 110 valence electrons. The maximum absolute atomic E-state index is 10.0. The zero-order valence-electron chi connectivity index (χ0n) is 11.5. The van der Waals surface area contributed by atoms with Gasteiger partial charge in [-0.2, -0.15) is 10.2 Å². The first kappa shape index (κ1) is 14.3. The zero-order chi connectivity index (χ0) is 14.8. The lowest BCUT2D eigenvalue weighted by atomic mass is 10.0. The van der Waals surface area contributed by atoms with Gasteiger partial charge < -0.3 is 14.6 Å². The molecule has 2 aromatic rings. The van der Waals surface area contributed by atoms with Gasteiger partial charge in [0.1, 0.15) is 11.9 Å². The van der Waals surface area contributed by atoms with Gasteiger partial charge in [0.2, 0.25) is 0 Å². The van der Waals surface area contributed by atoms with Gasteiger partial charge in [0.25, 0.3) is 0 Å². The molecule has 0 amide bonds. The lowest BCUT2D eigenvalue weighted by Gasteiger charge is -2.25. The predicted octanol–water partition coefficient (Wildman–Crippen LogP) is 2.73. The molecule has 0 saturated carbocycles. The van der Waals surface area contributed by atoms with E-state index in [4.69, 9.17) is 21.1 Å². The van der Waals surface area contributed by atoms with Gasteiger partial charge in [0, 0.05) is 10.6 Å². The van der Waals surface area contributed by atoms with Crippen molar-refractivity contribution in [2.75, 3.05) is 13.2 Å². The van der Waals surface area contributed by atoms with E-state index in [9.17, 15) is 5.11 Å². The first-order valence-corrected chi connectivity index (χ1v) is 7.02. The molecule has 1 N–H and O–H groups in total. The number of benzene rings is 1. The van der Waals surface area contributed by atoms with E-state index in [2.05, 4.69) is 10.2 Å². The molecule has 6 heteroatoms. The van der Waals surface area contributed by atoms with Gasteiger partial charge in [-0.15, -0.1) is 0 Å². The largest absolute Gasteiger partial charge is 0.507 e. The van der Waals surface area contributed by atoms with E-state index in [1.165, 1.54) is 6.07 Å². The molecule has 0 bridgehead atoms. The summed E-state index contributed by atoms with van der Waals surface area (Å²) < 4.78 is 10.6. The smallest absolute Gasteiger partial charge is 0.126 e. The Kier molecular flexibility index (Phi) is 4.05. The minimum Gasteiger partial charge on any atom is -0.507 e. The van der Waals surface area contributed by atoms with Crippen LogP contribution in [0.5, 0.6) is 5.75 Å². The fourth-order valence-corrected chi connectivity index (χ4v) is 2.41. The highest BCUT2D eigenvalue weighted by Gasteiger charge is 2.19. The van der Waals surface area contributed by atoms with Gasteiger partial charge in [0.15, 0.2) is 0 Å². The highest BCUT2D eigenvalue weighted by Crippen LogP contribution is 2.33. The normalized spacial score (nSPS) is 15.0. The van der Waals surface area contributed by atoms with Crippen molar-refractivity contribution in [1.29, 1.82) is 0 Å². The zero-order valence-corrected chi connectivity index (χ0v) is 12.3. The summed E-state index contributed by atoms with van der Waals surface area (Å²) in [5, 5.41) is 18.8. The minimum atomic E-state index is 0.102. The number of phenolic OH excluding ortho intramolecular Hbond substituents is 1. The Morgan fingerprint density at radius 2 is 2.14 bits per heavy atom. The summed E-state index contributed by atoms with van der Waals surface area (Å²) in [5.41, 5.74) is 2.85. The monoisotopic (exact) mass is 306 g/mol. The van der Waals surface area contributed by atoms with E-state index in [1.807, 2.05) is 19.1 Å². The summed E-state index contributed by atoms with van der Waals surface area (Å²) >= 11 is 5.90. The van der Waals surface area contributed by atoms with E-state index < -0.39 is 0 Å². The summed E-state index contributed by atoms with van der Waals surface area (Å²) in [6, 6.07) is 6.94. The molecule has 2 heterocycles. The topological polar surface area (TPSA) is 64.5 Å². The summed E-state index contributed by atoms with van der Waals surface area (Å²) in [7, 11) is 0. The van der Waals surface area contributed by atoms with Gasteiger partial charge in [0.05, 0.1) is 31.2 Å². The van der Waals surface area contributed by atoms with Crippen molar-refractivity contribution >= 4 is 11.6 Å². The second kappa shape index (κ2) is 5.97. The van der Waals surface area contributed by atoms with E-state index in [1.54, 1.807) is 6.07 Å². The highest BCUT2D eigenvalue weighted by atomic mass is 35.5. The quantitative estimate of drug-likeness (QED) is 0.941. The van der Waals surface area contributed by atoms with Gasteiger partial charge in [-0.05, 0) is 36.8 Å². The van der Waals surface area contributed by atoms with Crippen molar-refractivity contribution in [1.82, 2.24) is 10.2 Å². The van der Waals surface area contributed by atoms with Crippen LogP contribution in [0.3, 0.4) is 0 Å². The lowest BCUT2D eigenvalue weighted by molar-refractivity contribution is -0.136. The molecule has 21 heavy (non-hydrogen) atoms. The molecule has 0 radical (unpaired) electrons. The fourth-order valence-electron chi connectivity index (χ4n) is 2.14. The first-order chi connectivity index (χ1) is 10.1. The number of aromatic nitrogens is 2. The van der Waals surface area contributed by atoms with Crippen molar-refractivity contribution < 1.29 is 14.6 Å². The predicted molar refractivity (Wildman–Crippen MR) is 78.3 cm³/mol. The molecular weight excluding hydrogens is 292 g/mol. The van der Waals surface area contributed by atoms with Crippen LogP contribution in [0.1, 0.15) is 11.3 Å². The minimum absolute atomic E-state index is 0.102. The van der Waals surface area contributed by atoms with Crippen molar-refractivity contribution in [2.45, 2.75) is 19.6 Å². The Hall–Kier alpha value is -1.69. The molecule has 0 spiro atoms. The third-order valence-electron chi connectivity index (χ3n) is 3.33. The number of halogens is 1. The molecule has 1 aliphatic heterocycles. The maximum Gasteiger partial charge on any atom is 0.126 e. The van der Waals surface area contributed by atoms with Crippen LogP contribution < -0.4 is 0 Å². The van der Waals surface area contributed by atoms with E-state index in [0.29, 0.717) is 36.1 Å². The summed E-state index contributed by atoms with van der Waals surface area (Å²) in [6.45, 7) is 3.57. The van der Waals surface area contributed by atoms with Crippen LogP contribution in [-0.2, 0) is 16.1 Å². The average Bonchev–Trinajstić information content (AvgIpc) is 2.37. The van der Waals surface area contributed by atoms with Crippen LogP contribution in [0, 0.1) is 6.92 Å². The van der Waals surface area contributed by atoms with Crippen LogP contribution in [0.25, 0.3) is 11.3 Å². The SMILES string of the molecule is Cc1cc(Cl)cc(O)c1-c1ccc(COC2COC2)nn1. The Labute approximate surface area is 127 Å². The molecular formula is C15H15ClN2O3. The first-order valence-electron chi connectivity index (χ1n) is 6.65. The summed E-state index contributed by atoms with van der Waals surface area (Å²) in [6.07, 6.45) is 0.161. The highest BCUT2D eigenvalue weighted by molar-refractivity contribution is 6.31. The molecule has 1 aromatic heterocycles. The third kappa shape index (κ3) is 3.15. The number of phenols is 1. The van der Waals surface area contributed by atoms with E-state index in [-0.39, 0.29) is 11.9 Å². The number of aromatic hydroxyl groups is 1. The Balaban J connectivity index is 1.77. The molecule has 1 saturated heterocycles. The maximum atomic E-state index is 10.0. The Bertz CT molecular complexity index is 619. The Morgan fingerprint density at radius 1 is 1.33 bits per heavy atom. The van der Waals surface area contributed by atoms with Crippen LogP contribution in [0.4, 0.5) is 0 Å². The number of rotatable bonds is 4. The fraction of sp³-hybridized carbons (Fsp3) is 0.333. The molecule has 1 aliphatic rings. The number of ether oxygens (including phenoxy) is 2. The number of hydrogen-bond donors (Lipinski definition) is 1. The summed E-state index contributed by atoms with van der Waals surface area (Å²) in [4.78, 5) is 0. The van der Waals surface area contributed by atoms with E-state index >= 15 is 0 Å². The van der Waals surface area contributed by atoms with Gasteiger partial charge in [-0.1, -0.05) is 11.6 Å². The molecule has 1 aromatic carbocycles. The molecule has 1 fully saturated rings. The van der Waals surface area contributed by atoms with Crippen molar-refractivity contribution in [3.05, 3.63) is 40.5 Å². The standard InChI is InChI=1S/C15H15ClN2O3/c1-9-4-10(16)5-14(19)15(9)13-3-2-11(17-18-13)6-21-12-7-20-8-12/h2-5,12,19H,6-8H2,1H3. The molecule has 0 aliphatic carbocycles. The van der Waals surface area contributed by atoms with Crippen molar-refractivity contribution in [3.8, 4) is 17.0 Å². The van der Waals surface area contributed by atoms with Crippen molar-refractivity contribution in [2.24, 2.45) is 0 Å². The average molecular weight is 307 g/mol. The van der Waals surface area contributed by atoms with E-state index in [0.717, 1.165) is 11.3 Å². The second-order valence-electron chi connectivity index (χ2n) is 5.00. The molecule has 0 atom stereocenters. The molecule has 0 unspecified atom stereocenters. The number of aryl methyl sites for hydroxylation is 1. The lowest BCUT2D eigenvalue weighted by Crippen LogP contribution is -2.35. The van der Waals surface area contributed by atoms with Crippen LogP contribution in [0.15, 0.2) is 24.3 Å². The molecule has 5 nitrogen and oxygen atoms in total. The van der Waals surface area contributed by atoms with Gasteiger partial charge in [-0.3, -0.25) is 0 Å². The number of hydrogen-bond acceptors (Lipinski definition) is 5. The third-order valence-corrected chi connectivity index (χ3v) is 3.55. The summed E-state index contributed by atoms with van der Waals surface area (Å²) in [5.74, 6) is 0.102. The van der Waals surface area contributed by atoms with Crippen LogP contribution in [-0.4, -0.2) is 34.6 Å². The van der Waals surface area contributed by atoms with Gasteiger partial charge in [-0.25, -0.2) is 0 Å². The van der Waals surface area contributed by atoms with Crippen LogP contribution >= 0.6 is 11.6 Å². The second-order valence-corrected chi connectivity index (χ2v) is 5.43. The van der Waals surface area contributed by atoms with Gasteiger partial charge >= 0.3 is 0 Å².